The van der Waals surface area contributed by atoms with Gasteiger partial charge >= 0.3 is 5.69 Å². The van der Waals surface area contributed by atoms with Crippen molar-refractivity contribution in [3.05, 3.63) is 77.5 Å². The summed E-state index contributed by atoms with van der Waals surface area (Å²) >= 11 is 0. The highest BCUT2D eigenvalue weighted by molar-refractivity contribution is 5.50. The fourth-order valence-corrected chi connectivity index (χ4v) is 2.72. The molecule has 0 aliphatic carbocycles. The summed E-state index contributed by atoms with van der Waals surface area (Å²) in [4.78, 5) is 30.2. The van der Waals surface area contributed by atoms with E-state index in [0.29, 0.717) is 28.8 Å². The monoisotopic (exact) mass is 359 g/mol. The summed E-state index contributed by atoms with van der Waals surface area (Å²) in [6, 6.07) is 10.7. The first-order valence-electron chi connectivity index (χ1n) is 8.52. The summed E-state index contributed by atoms with van der Waals surface area (Å²) < 4.78 is 2.86. The van der Waals surface area contributed by atoms with Gasteiger partial charge in [-0.25, -0.2) is 24.3 Å². The van der Waals surface area contributed by atoms with E-state index in [2.05, 4.69) is 25.0 Å². The Bertz CT molecular complexity index is 1120. The maximum absolute atomic E-state index is 13.1. The largest absolute Gasteiger partial charge is 0.356 e. The predicted molar refractivity (Wildman–Crippen MR) is 99.9 cm³/mol. The first-order chi connectivity index (χ1) is 13.1. The van der Waals surface area contributed by atoms with E-state index in [1.165, 1.54) is 9.25 Å². The molecule has 0 saturated carbocycles. The van der Waals surface area contributed by atoms with Crippen LogP contribution < -0.4 is 5.69 Å². The Labute approximate surface area is 155 Å². The third-order valence-electron chi connectivity index (χ3n) is 3.97. The average molecular weight is 359 g/mol. The van der Waals surface area contributed by atoms with Gasteiger partial charge in [0.1, 0.15) is 17.3 Å². The maximum atomic E-state index is 13.1. The van der Waals surface area contributed by atoms with Gasteiger partial charge < -0.3 is 0 Å². The van der Waals surface area contributed by atoms with Crippen LogP contribution in [0.3, 0.4) is 0 Å². The minimum atomic E-state index is -0.301. The Balaban J connectivity index is 1.89. The minimum absolute atomic E-state index is 0.0223. The fraction of sp³-hybridized carbons (Fsp3) is 0.158. The molecule has 0 unspecified atom stereocenters. The second-order valence-corrected chi connectivity index (χ2v) is 6.21. The van der Waals surface area contributed by atoms with Gasteiger partial charge in [-0.1, -0.05) is 19.9 Å². The first-order valence-corrected chi connectivity index (χ1v) is 8.52. The van der Waals surface area contributed by atoms with Crippen LogP contribution in [0, 0.1) is 0 Å². The second-order valence-electron chi connectivity index (χ2n) is 6.21. The summed E-state index contributed by atoms with van der Waals surface area (Å²) in [7, 11) is 0. The van der Waals surface area contributed by atoms with Gasteiger partial charge in [0, 0.05) is 24.5 Å². The summed E-state index contributed by atoms with van der Waals surface area (Å²) in [5.41, 5.74) is 0.889. The molecular formula is C19H17N7O. The number of aromatic nitrogens is 7. The normalized spacial score (nSPS) is 11.1. The molecule has 4 heterocycles. The fourth-order valence-electron chi connectivity index (χ4n) is 2.72. The van der Waals surface area contributed by atoms with Gasteiger partial charge in [-0.3, -0.25) is 4.98 Å². The number of hydrogen-bond donors (Lipinski definition) is 0. The van der Waals surface area contributed by atoms with Gasteiger partial charge in [0.25, 0.3) is 0 Å². The van der Waals surface area contributed by atoms with E-state index >= 15 is 0 Å². The van der Waals surface area contributed by atoms with Crippen molar-refractivity contribution < 1.29 is 0 Å². The lowest BCUT2D eigenvalue weighted by molar-refractivity contribution is 0.726. The molecular weight excluding hydrogens is 342 g/mol. The lowest BCUT2D eigenvalue weighted by atomic mass is 10.2. The average Bonchev–Trinajstić information content (AvgIpc) is 3.07. The van der Waals surface area contributed by atoms with Crippen LogP contribution in [0.5, 0.6) is 0 Å². The van der Waals surface area contributed by atoms with Gasteiger partial charge in [0.15, 0.2) is 5.82 Å². The standard InChI is InChI=1S/C19H17N7O/c1-13(2)18-24-26(14-6-4-9-20-12-14)19(27)25(18)16-8-3-7-15(23-16)17-21-10-5-11-22-17/h3-13H,1-2H3. The molecule has 0 N–H and O–H groups in total. The Morgan fingerprint density at radius 3 is 2.48 bits per heavy atom. The van der Waals surface area contributed by atoms with Crippen LogP contribution in [0.1, 0.15) is 25.6 Å². The summed E-state index contributed by atoms with van der Waals surface area (Å²) in [6.07, 6.45) is 6.57. The van der Waals surface area contributed by atoms with Crippen molar-refractivity contribution in [3.8, 4) is 23.0 Å². The molecule has 8 nitrogen and oxygen atoms in total. The summed E-state index contributed by atoms with van der Waals surface area (Å²) in [5, 5.41) is 4.51. The van der Waals surface area contributed by atoms with E-state index in [4.69, 9.17) is 0 Å². The summed E-state index contributed by atoms with van der Waals surface area (Å²) in [6.45, 7) is 3.96. The zero-order valence-corrected chi connectivity index (χ0v) is 14.9. The van der Waals surface area contributed by atoms with E-state index < -0.39 is 0 Å². The molecule has 4 aromatic rings. The highest BCUT2D eigenvalue weighted by Gasteiger charge is 2.20. The van der Waals surface area contributed by atoms with Crippen LogP contribution in [-0.4, -0.2) is 34.3 Å². The summed E-state index contributed by atoms with van der Waals surface area (Å²) in [5.74, 6) is 1.61. The molecule has 0 aliphatic rings. The van der Waals surface area contributed by atoms with Crippen LogP contribution in [0.15, 0.2) is 66.0 Å². The highest BCUT2D eigenvalue weighted by Crippen LogP contribution is 2.18. The number of pyridine rings is 2. The molecule has 0 fully saturated rings. The third-order valence-corrected chi connectivity index (χ3v) is 3.97. The molecule has 0 atom stereocenters. The number of rotatable bonds is 4. The molecule has 8 heteroatoms. The van der Waals surface area contributed by atoms with Crippen LogP contribution >= 0.6 is 0 Å². The van der Waals surface area contributed by atoms with Crippen LogP contribution in [0.2, 0.25) is 0 Å². The van der Waals surface area contributed by atoms with Crippen molar-refractivity contribution in [1.82, 2.24) is 34.3 Å². The lowest BCUT2D eigenvalue weighted by Gasteiger charge is -2.08. The molecule has 0 radical (unpaired) electrons. The Hall–Kier alpha value is -3.68. The van der Waals surface area contributed by atoms with Crippen molar-refractivity contribution >= 4 is 0 Å². The Kier molecular flexibility index (Phi) is 4.29. The lowest BCUT2D eigenvalue weighted by Crippen LogP contribution is -2.24. The van der Waals surface area contributed by atoms with E-state index in [1.54, 1.807) is 49.1 Å². The first kappa shape index (κ1) is 16.8. The highest BCUT2D eigenvalue weighted by atomic mass is 16.2. The van der Waals surface area contributed by atoms with Crippen molar-refractivity contribution in [2.45, 2.75) is 19.8 Å². The Morgan fingerprint density at radius 1 is 0.963 bits per heavy atom. The minimum Gasteiger partial charge on any atom is -0.262 e. The van der Waals surface area contributed by atoms with Crippen LogP contribution in [0.25, 0.3) is 23.0 Å². The molecule has 4 aromatic heterocycles. The molecule has 0 aromatic carbocycles. The molecule has 0 bridgehead atoms. The number of nitrogens with zero attached hydrogens (tertiary/aromatic N) is 7. The Morgan fingerprint density at radius 2 is 1.78 bits per heavy atom. The van der Waals surface area contributed by atoms with Crippen LogP contribution in [-0.2, 0) is 0 Å². The van der Waals surface area contributed by atoms with E-state index in [9.17, 15) is 4.79 Å². The van der Waals surface area contributed by atoms with Crippen LogP contribution in [0.4, 0.5) is 0 Å². The number of hydrogen-bond acceptors (Lipinski definition) is 6. The molecule has 4 rings (SSSR count). The predicted octanol–water partition coefficient (Wildman–Crippen LogP) is 2.39. The maximum Gasteiger partial charge on any atom is 0.356 e. The van der Waals surface area contributed by atoms with Gasteiger partial charge in [-0.2, -0.15) is 4.68 Å². The molecule has 0 saturated heterocycles. The molecule has 0 aliphatic heterocycles. The van der Waals surface area contributed by atoms with Crippen molar-refractivity contribution in [1.29, 1.82) is 0 Å². The topological polar surface area (TPSA) is 91.4 Å². The van der Waals surface area contributed by atoms with Crippen molar-refractivity contribution in [2.24, 2.45) is 0 Å². The third kappa shape index (κ3) is 3.12. The second kappa shape index (κ2) is 6.91. The SMILES string of the molecule is CC(C)c1nn(-c2cccnc2)c(=O)n1-c1cccc(-c2ncccn2)n1. The van der Waals surface area contributed by atoms with Crippen molar-refractivity contribution in [2.75, 3.05) is 0 Å². The molecule has 134 valence electrons. The molecule has 0 spiro atoms. The van der Waals surface area contributed by atoms with Gasteiger partial charge in [-0.05, 0) is 30.3 Å². The van der Waals surface area contributed by atoms with E-state index in [1.807, 2.05) is 26.0 Å². The van der Waals surface area contributed by atoms with Gasteiger partial charge in [0.05, 0.1) is 11.9 Å². The van der Waals surface area contributed by atoms with Crippen molar-refractivity contribution in [3.63, 3.8) is 0 Å². The molecule has 27 heavy (non-hydrogen) atoms. The quantitative estimate of drug-likeness (QED) is 0.556. The van der Waals surface area contributed by atoms with E-state index in [-0.39, 0.29) is 11.6 Å². The smallest absolute Gasteiger partial charge is 0.262 e. The van der Waals surface area contributed by atoms with Gasteiger partial charge in [0.2, 0.25) is 0 Å². The zero-order valence-electron chi connectivity index (χ0n) is 14.9. The molecule has 0 amide bonds. The zero-order chi connectivity index (χ0) is 18.8. The van der Waals surface area contributed by atoms with Gasteiger partial charge in [-0.15, -0.1) is 5.10 Å². The van der Waals surface area contributed by atoms with E-state index in [0.717, 1.165) is 0 Å².